The molecule has 10 heteroatoms. The van der Waals surface area contributed by atoms with Crippen LogP contribution in [0.2, 0.25) is 0 Å². The Hall–Kier alpha value is -3.79. The maximum atomic E-state index is 11.5. The smallest absolute Gasteiger partial charge is 0.328 e. The molecule has 10 nitrogen and oxygen atoms in total. The summed E-state index contributed by atoms with van der Waals surface area (Å²) in [6, 6.07) is 6.82. The van der Waals surface area contributed by atoms with E-state index in [1.807, 2.05) is 0 Å². The van der Waals surface area contributed by atoms with Gasteiger partial charge in [0.1, 0.15) is 5.69 Å². The number of aliphatic carboxylic acids is 2. The predicted octanol–water partition coefficient (Wildman–Crippen LogP) is -0.908. The molecule has 0 saturated heterocycles. The highest BCUT2D eigenvalue weighted by atomic mass is 16.4. The van der Waals surface area contributed by atoms with Gasteiger partial charge in [0.15, 0.2) is 12.4 Å². The third-order valence-corrected chi connectivity index (χ3v) is 2.25. The highest BCUT2D eigenvalue weighted by molar-refractivity contribution is 5.99. The fourth-order valence-corrected chi connectivity index (χ4v) is 1.34. The number of amides is 2. The number of carboxylic acids is 2. The largest absolute Gasteiger partial charge is 0.545 e. The van der Waals surface area contributed by atoms with E-state index in [-0.39, 0.29) is 11.5 Å². The van der Waals surface area contributed by atoms with Crippen molar-refractivity contribution in [1.29, 1.82) is 0 Å². The first-order valence-corrected chi connectivity index (χ1v) is 6.53. The number of nitrogens with one attached hydrogen (secondary N) is 3. The molecule has 0 radical (unpaired) electrons. The molecule has 2 heterocycles. The van der Waals surface area contributed by atoms with Gasteiger partial charge >= 0.3 is 12.0 Å². The van der Waals surface area contributed by atoms with E-state index in [1.165, 1.54) is 0 Å². The van der Waals surface area contributed by atoms with Crippen LogP contribution >= 0.6 is 0 Å². The van der Waals surface area contributed by atoms with Gasteiger partial charge in [-0.05, 0) is 24.3 Å². The lowest BCUT2D eigenvalue weighted by molar-refractivity contribution is -0.377. The van der Waals surface area contributed by atoms with Gasteiger partial charge in [-0.1, -0.05) is 0 Å². The third-order valence-electron chi connectivity index (χ3n) is 2.25. The molecule has 0 fully saturated rings. The lowest BCUT2D eigenvalue weighted by Crippen LogP contribution is -2.20. The number of carbonyl (C=O) groups is 3. The number of carbonyl (C=O) groups excluding carboxylic acids is 2. The Kier molecular flexibility index (Phi) is 9.96. The average Bonchev–Trinajstić information content (AvgIpc) is 2.55. The minimum absolute atomic E-state index is 0. The van der Waals surface area contributed by atoms with E-state index in [4.69, 9.17) is 5.11 Å². The molecule has 0 aliphatic heterocycles. The molecular weight excluding hydrogens is 332 g/mol. The molecular formula is C15H16N4O6. The van der Waals surface area contributed by atoms with Crippen LogP contribution in [0.25, 0.3) is 0 Å². The Bertz CT molecular complexity index is 647. The average molecular weight is 348 g/mol. The van der Waals surface area contributed by atoms with Crippen molar-refractivity contribution >= 4 is 29.3 Å². The second-order valence-electron chi connectivity index (χ2n) is 4.10. The molecule has 0 aliphatic rings. The second-order valence-corrected chi connectivity index (χ2v) is 4.10. The summed E-state index contributed by atoms with van der Waals surface area (Å²) < 4.78 is 0. The van der Waals surface area contributed by atoms with Gasteiger partial charge in [0.05, 0.1) is 17.9 Å². The van der Waals surface area contributed by atoms with Gasteiger partial charge in [-0.3, -0.25) is 4.98 Å². The number of aromatic nitrogens is 2. The number of anilines is 2. The number of rotatable bonds is 4. The zero-order valence-corrected chi connectivity index (χ0v) is 12.8. The van der Waals surface area contributed by atoms with Crippen molar-refractivity contribution in [3.8, 4) is 0 Å². The lowest BCUT2D eigenvalue weighted by atomic mass is 10.4. The monoisotopic (exact) mass is 348 g/mol. The number of pyridine rings is 2. The van der Waals surface area contributed by atoms with Crippen molar-refractivity contribution in [3.05, 3.63) is 61.2 Å². The van der Waals surface area contributed by atoms with Crippen LogP contribution in [0.15, 0.2) is 61.2 Å². The fourth-order valence-electron chi connectivity index (χ4n) is 1.34. The summed E-state index contributed by atoms with van der Waals surface area (Å²) in [6.45, 7) is 0. The van der Waals surface area contributed by atoms with Gasteiger partial charge in [0, 0.05) is 18.3 Å². The van der Waals surface area contributed by atoms with E-state index in [0.29, 0.717) is 23.5 Å². The van der Waals surface area contributed by atoms with E-state index >= 15 is 0 Å². The van der Waals surface area contributed by atoms with Crippen molar-refractivity contribution in [2.75, 3.05) is 10.6 Å². The summed E-state index contributed by atoms with van der Waals surface area (Å²) in [5.41, 5.74) is 1.35. The first kappa shape index (κ1) is 21.2. The van der Waals surface area contributed by atoms with Crippen molar-refractivity contribution in [2.24, 2.45) is 0 Å². The van der Waals surface area contributed by atoms with E-state index < -0.39 is 11.9 Å². The Labute approximate surface area is 142 Å². The zero-order valence-electron chi connectivity index (χ0n) is 12.8. The van der Waals surface area contributed by atoms with E-state index in [1.54, 1.807) is 49.1 Å². The van der Waals surface area contributed by atoms with Crippen LogP contribution < -0.4 is 20.7 Å². The van der Waals surface area contributed by atoms with Crippen molar-refractivity contribution in [3.63, 3.8) is 0 Å². The Morgan fingerprint density at radius 2 is 1.80 bits per heavy atom. The topological polar surface area (TPSA) is 177 Å². The summed E-state index contributed by atoms with van der Waals surface area (Å²) in [4.78, 5) is 37.3. The number of H-pyrrole nitrogens is 1. The first-order chi connectivity index (χ1) is 11.5. The van der Waals surface area contributed by atoms with Gasteiger partial charge < -0.3 is 31.1 Å². The maximum Gasteiger partial charge on any atom is 0.328 e. The normalized spacial score (nSPS) is 9.12. The number of hydrogen-bond acceptors (Lipinski definition) is 5. The number of carboxylic acid groups (broad SMARTS) is 2. The standard InChI is InChI=1S/C11H10N4O.C4H4O4.H2O/c16-11(14-9-3-1-5-12-7-9)15-10-4-2-6-13-8-10;5-3(6)1-2-4(7)8;/h1-8H,(H2,14,15,16);1-2H,(H,5,6)(H,7,8);1H2/b;2-1+;. The van der Waals surface area contributed by atoms with Crippen LogP contribution in [0.5, 0.6) is 0 Å². The second kappa shape index (κ2) is 11.7. The van der Waals surface area contributed by atoms with Gasteiger partial charge in [0.2, 0.25) is 0 Å². The number of hydrogen-bond donors (Lipinski definition) is 3. The SMILES string of the molecule is O.O=C(Nc1cccnc1)Nc1ccc[nH+]c1.O=C([O-])/C=C/C(=O)O. The molecule has 0 aromatic carbocycles. The highest BCUT2D eigenvalue weighted by Gasteiger charge is 2.03. The van der Waals surface area contributed by atoms with Gasteiger partial charge in [-0.15, -0.1) is 0 Å². The lowest BCUT2D eigenvalue weighted by Gasteiger charge is -2.04. The Morgan fingerprint density at radius 1 is 1.12 bits per heavy atom. The fraction of sp³-hybridized carbons (Fsp3) is 0. The van der Waals surface area contributed by atoms with E-state index in [9.17, 15) is 19.5 Å². The predicted molar refractivity (Wildman–Crippen MR) is 85.3 cm³/mol. The van der Waals surface area contributed by atoms with Crippen LogP contribution in [0.1, 0.15) is 0 Å². The minimum atomic E-state index is -1.51. The molecule has 132 valence electrons. The van der Waals surface area contributed by atoms with Crippen LogP contribution in [0.3, 0.4) is 0 Å². The molecule has 2 amide bonds. The molecule has 2 aromatic heterocycles. The summed E-state index contributed by atoms with van der Waals surface area (Å²) in [5.74, 6) is -2.80. The quantitative estimate of drug-likeness (QED) is 0.602. The minimum Gasteiger partial charge on any atom is -0.545 e. The maximum absolute atomic E-state index is 11.5. The molecule has 25 heavy (non-hydrogen) atoms. The van der Waals surface area contributed by atoms with E-state index in [2.05, 4.69) is 20.6 Å². The molecule has 0 aliphatic carbocycles. The number of urea groups is 1. The van der Waals surface area contributed by atoms with Crippen LogP contribution in [0, 0.1) is 0 Å². The molecule has 0 spiro atoms. The first-order valence-electron chi connectivity index (χ1n) is 6.53. The van der Waals surface area contributed by atoms with Crippen LogP contribution in [-0.2, 0) is 9.59 Å². The van der Waals surface area contributed by atoms with Crippen molar-refractivity contribution in [2.45, 2.75) is 0 Å². The van der Waals surface area contributed by atoms with Crippen molar-refractivity contribution in [1.82, 2.24) is 4.98 Å². The molecule has 6 N–H and O–H groups in total. The molecule has 0 unspecified atom stereocenters. The van der Waals surface area contributed by atoms with E-state index in [0.717, 1.165) is 0 Å². The summed E-state index contributed by atoms with van der Waals surface area (Å²) in [7, 11) is 0. The highest BCUT2D eigenvalue weighted by Crippen LogP contribution is 2.05. The molecule has 0 atom stereocenters. The summed E-state index contributed by atoms with van der Waals surface area (Å²) in [5, 5.41) is 22.6. The van der Waals surface area contributed by atoms with Crippen molar-refractivity contribution < 1.29 is 35.1 Å². The number of nitrogens with zero attached hydrogens (tertiary/aromatic N) is 1. The molecule has 2 rings (SSSR count). The molecule has 0 saturated carbocycles. The third kappa shape index (κ3) is 10.5. The van der Waals surface area contributed by atoms with Gasteiger partial charge in [0.25, 0.3) is 0 Å². The van der Waals surface area contributed by atoms with Gasteiger partial charge in [-0.25, -0.2) is 14.6 Å². The zero-order chi connectivity index (χ0) is 17.8. The van der Waals surface area contributed by atoms with Gasteiger partial charge in [-0.2, -0.15) is 0 Å². The number of aromatic amines is 1. The Morgan fingerprint density at radius 3 is 2.28 bits per heavy atom. The summed E-state index contributed by atoms with van der Waals surface area (Å²) in [6.07, 6.45) is 7.64. The van der Waals surface area contributed by atoms with Crippen LogP contribution in [-0.4, -0.2) is 33.5 Å². The Balaban J connectivity index is 0.000000552. The molecule has 2 aromatic rings. The van der Waals surface area contributed by atoms with Crippen LogP contribution in [0.4, 0.5) is 16.2 Å². The molecule has 0 bridgehead atoms. The summed E-state index contributed by atoms with van der Waals surface area (Å²) >= 11 is 0.